The van der Waals surface area contributed by atoms with Gasteiger partial charge in [0.15, 0.2) is 6.04 Å². The van der Waals surface area contributed by atoms with E-state index in [4.69, 9.17) is 0 Å². The molecule has 0 aliphatic rings. The highest BCUT2D eigenvalue weighted by molar-refractivity contribution is 7.20. The summed E-state index contributed by atoms with van der Waals surface area (Å²) >= 11 is 1.30. The molecule has 2 N–H and O–H groups in total. The van der Waals surface area contributed by atoms with Crippen LogP contribution in [0.3, 0.4) is 0 Å². The number of hydrogen-bond acceptors (Lipinski definition) is 6. The molecular weight excluding hydrogens is 366 g/mol. The van der Waals surface area contributed by atoms with Gasteiger partial charge in [-0.05, 0) is 25.5 Å². The Kier molecular flexibility index (Phi) is 5.57. The van der Waals surface area contributed by atoms with Crippen molar-refractivity contribution >= 4 is 33.4 Å². The van der Waals surface area contributed by atoms with E-state index in [1.807, 2.05) is 18.5 Å². The fourth-order valence-electron chi connectivity index (χ4n) is 2.75. The number of nitrogens with one attached hydrogen (secondary N) is 1. The number of methoxy groups -OCH3 is 1. The Bertz CT molecular complexity index is 975. The largest absolute Gasteiger partial charge is 0.467 e. The number of carbonyl (C=O) groups is 2. The maximum absolute atomic E-state index is 12.5. The molecule has 0 saturated heterocycles. The molecule has 142 valence electrons. The smallest absolute Gasteiger partial charge is 0.330 e. The van der Waals surface area contributed by atoms with Crippen molar-refractivity contribution in [1.82, 2.24) is 15.1 Å². The van der Waals surface area contributed by atoms with Gasteiger partial charge in [0.1, 0.15) is 4.83 Å². The maximum Gasteiger partial charge on any atom is 0.330 e. The number of aryl methyl sites for hydroxylation is 2. The highest BCUT2D eigenvalue weighted by atomic mass is 32.1. The topological polar surface area (TPSA) is 93.4 Å². The molecule has 1 atom stereocenters. The lowest BCUT2D eigenvalue weighted by Gasteiger charge is -2.12. The minimum atomic E-state index is -1.09. The first kappa shape index (κ1) is 19.1. The number of esters is 1. The van der Waals surface area contributed by atoms with Crippen LogP contribution in [0.1, 0.15) is 26.5 Å². The SMILES string of the molecule is COC(=O)[C@H](CO)NC(=O)c1cc2c(C)nn(Cc3ccc(C)cc3)c2s1. The van der Waals surface area contributed by atoms with E-state index in [2.05, 4.69) is 39.4 Å². The number of nitrogens with zero attached hydrogens (tertiary/aromatic N) is 2. The molecule has 2 aromatic heterocycles. The molecule has 0 aliphatic heterocycles. The Labute approximate surface area is 160 Å². The van der Waals surface area contributed by atoms with Crippen LogP contribution in [0.5, 0.6) is 0 Å². The number of amides is 1. The van der Waals surface area contributed by atoms with Gasteiger partial charge in [-0.3, -0.25) is 9.48 Å². The van der Waals surface area contributed by atoms with Crippen LogP contribution in [0, 0.1) is 13.8 Å². The van der Waals surface area contributed by atoms with Crippen LogP contribution in [-0.4, -0.2) is 46.5 Å². The summed E-state index contributed by atoms with van der Waals surface area (Å²) < 4.78 is 6.45. The fraction of sp³-hybridized carbons (Fsp3) is 0.316. The lowest BCUT2D eigenvalue weighted by molar-refractivity contribution is -0.143. The highest BCUT2D eigenvalue weighted by Gasteiger charge is 2.23. The lowest BCUT2D eigenvalue weighted by atomic mass is 10.1. The molecule has 1 aromatic carbocycles. The summed E-state index contributed by atoms with van der Waals surface area (Å²) in [7, 11) is 1.21. The van der Waals surface area contributed by atoms with Gasteiger partial charge in [0, 0.05) is 5.39 Å². The average molecular weight is 387 g/mol. The normalized spacial score (nSPS) is 12.1. The van der Waals surface area contributed by atoms with Gasteiger partial charge >= 0.3 is 5.97 Å². The zero-order valence-corrected chi connectivity index (χ0v) is 16.2. The Morgan fingerprint density at radius 2 is 2.00 bits per heavy atom. The number of carbonyl (C=O) groups excluding carboxylic acids is 2. The number of aliphatic hydroxyl groups excluding tert-OH is 1. The number of rotatable bonds is 6. The van der Waals surface area contributed by atoms with E-state index in [0.717, 1.165) is 21.5 Å². The molecule has 2 heterocycles. The van der Waals surface area contributed by atoms with E-state index in [0.29, 0.717) is 11.4 Å². The third-order valence-electron chi connectivity index (χ3n) is 4.26. The summed E-state index contributed by atoms with van der Waals surface area (Å²) in [5, 5.41) is 17.2. The van der Waals surface area contributed by atoms with Crippen molar-refractivity contribution in [3.8, 4) is 0 Å². The molecule has 0 unspecified atom stereocenters. The highest BCUT2D eigenvalue weighted by Crippen LogP contribution is 2.29. The first-order chi connectivity index (χ1) is 12.9. The second-order valence-corrected chi connectivity index (χ2v) is 7.32. The van der Waals surface area contributed by atoms with Crippen molar-refractivity contribution in [3.63, 3.8) is 0 Å². The van der Waals surface area contributed by atoms with E-state index < -0.39 is 24.5 Å². The number of aliphatic hydroxyl groups is 1. The molecule has 0 bridgehead atoms. The number of aromatic nitrogens is 2. The summed E-state index contributed by atoms with van der Waals surface area (Å²) in [5.41, 5.74) is 3.15. The minimum absolute atomic E-state index is 0.429. The van der Waals surface area contributed by atoms with Crippen LogP contribution in [0.25, 0.3) is 10.2 Å². The minimum Gasteiger partial charge on any atom is -0.467 e. The molecule has 8 heteroatoms. The van der Waals surface area contributed by atoms with Crippen LogP contribution in [0.15, 0.2) is 30.3 Å². The monoisotopic (exact) mass is 387 g/mol. The Morgan fingerprint density at radius 3 is 2.63 bits per heavy atom. The summed E-state index contributed by atoms with van der Waals surface area (Å²) in [6.45, 7) is 4.02. The van der Waals surface area contributed by atoms with Gasteiger partial charge in [0.25, 0.3) is 5.91 Å². The predicted molar refractivity (Wildman–Crippen MR) is 103 cm³/mol. The van der Waals surface area contributed by atoms with E-state index >= 15 is 0 Å². The van der Waals surface area contributed by atoms with Gasteiger partial charge in [0.05, 0.1) is 30.8 Å². The molecule has 0 aliphatic carbocycles. The van der Waals surface area contributed by atoms with Gasteiger partial charge in [-0.25, -0.2) is 4.79 Å². The standard InChI is InChI=1S/C19H21N3O4S/c1-11-4-6-13(7-5-11)9-22-18-14(12(2)21-22)8-16(27-18)17(24)20-15(10-23)19(25)26-3/h4-8,15,23H,9-10H2,1-3H3,(H,20,24)/t15-/m0/s1. The second-order valence-electron chi connectivity index (χ2n) is 6.29. The molecule has 3 aromatic rings. The zero-order valence-electron chi connectivity index (χ0n) is 15.4. The summed E-state index contributed by atoms with van der Waals surface area (Å²) in [6.07, 6.45) is 0. The maximum atomic E-state index is 12.5. The number of fused-ring (bicyclic) bond motifs is 1. The number of benzene rings is 1. The molecule has 0 fully saturated rings. The number of hydrogen-bond donors (Lipinski definition) is 2. The molecule has 0 saturated carbocycles. The van der Waals surface area contributed by atoms with E-state index in [1.165, 1.54) is 24.0 Å². The first-order valence-corrected chi connectivity index (χ1v) is 9.26. The van der Waals surface area contributed by atoms with Crippen LogP contribution in [0.2, 0.25) is 0 Å². The molecule has 1 amide bonds. The van der Waals surface area contributed by atoms with Crippen LogP contribution < -0.4 is 5.32 Å². The Hall–Kier alpha value is -2.71. The third-order valence-corrected chi connectivity index (χ3v) is 5.40. The molecule has 3 rings (SSSR count). The molecule has 0 radical (unpaired) electrons. The predicted octanol–water partition coefficient (Wildman–Crippen LogP) is 2.03. The Morgan fingerprint density at radius 1 is 1.30 bits per heavy atom. The van der Waals surface area contributed by atoms with E-state index in [9.17, 15) is 14.7 Å². The third kappa shape index (κ3) is 4.01. The number of ether oxygens (including phenoxy) is 1. The van der Waals surface area contributed by atoms with Gasteiger partial charge in [0.2, 0.25) is 0 Å². The van der Waals surface area contributed by atoms with E-state index in [1.54, 1.807) is 6.07 Å². The van der Waals surface area contributed by atoms with Crippen molar-refractivity contribution < 1.29 is 19.4 Å². The van der Waals surface area contributed by atoms with Crippen LogP contribution >= 0.6 is 11.3 Å². The fourth-order valence-corrected chi connectivity index (χ4v) is 3.81. The quantitative estimate of drug-likeness (QED) is 0.631. The van der Waals surface area contributed by atoms with Crippen molar-refractivity contribution in [2.24, 2.45) is 0 Å². The van der Waals surface area contributed by atoms with Gasteiger partial charge in [-0.15, -0.1) is 11.3 Å². The summed E-state index contributed by atoms with van der Waals surface area (Å²) in [5.74, 6) is -1.12. The molecule has 0 spiro atoms. The average Bonchev–Trinajstić information content (AvgIpc) is 3.22. The zero-order chi connectivity index (χ0) is 19.6. The van der Waals surface area contributed by atoms with Crippen LogP contribution in [0.4, 0.5) is 0 Å². The van der Waals surface area contributed by atoms with Crippen molar-refractivity contribution in [2.75, 3.05) is 13.7 Å². The Balaban J connectivity index is 1.85. The summed E-state index contributed by atoms with van der Waals surface area (Å²) in [4.78, 5) is 25.4. The molecule has 7 nitrogen and oxygen atoms in total. The number of thiophene rings is 1. The van der Waals surface area contributed by atoms with E-state index in [-0.39, 0.29) is 0 Å². The molecular formula is C19H21N3O4S. The first-order valence-electron chi connectivity index (χ1n) is 8.45. The van der Waals surface area contributed by atoms with Crippen molar-refractivity contribution in [1.29, 1.82) is 0 Å². The lowest BCUT2D eigenvalue weighted by Crippen LogP contribution is -2.43. The van der Waals surface area contributed by atoms with Gasteiger partial charge < -0.3 is 15.2 Å². The van der Waals surface area contributed by atoms with Gasteiger partial charge in [-0.2, -0.15) is 5.10 Å². The van der Waals surface area contributed by atoms with Crippen LogP contribution in [-0.2, 0) is 16.1 Å². The van der Waals surface area contributed by atoms with Gasteiger partial charge in [-0.1, -0.05) is 29.8 Å². The summed E-state index contributed by atoms with van der Waals surface area (Å²) in [6, 6.07) is 8.90. The molecule has 27 heavy (non-hydrogen) atoms. The second kappa shape index (κ2) is 7.89. The van der Waals surface area contributed by atoms with Crippen molar-refractivity contribution in [3.05, 3.63) is 52.0 Å². The van der Waals surface area contributed by atoms with Crippen molar-refractivity contribution in [2.45, 2.75) is 26.4 Å².